The number of carboxylic acids is 1. The highest BCUT2D eigenvalue weighted by atomic mass is 16.7. The number of esters is 3. The second-order valence-electron chi connectivity index (χ2n) is 22.4. The number of aliphatic hydroxyl groups is 2. The Hall–Kier alpha value is -2.80. The van der Waals surface area contributed by atoms with Gasteiger partial charge in [0, 0.05) is 19.3 Å². The van der Waals surface area contributed by atoms with Gasteiger partial charge in [-0.3, -0.25) is 14.4 Å². The summed E-state index contributed by atoms with van der Waals surface area (Å²) in [6.45, 7) is 6.01. The van der Waals surface area contributed by atoms with Crippen molar-refractivity contribution < 1.29 is 58.2 Å². The smallest absolute Gasteiger partial charge is 0.335 e. The van der Waals surface area contributed by atoms with Crippen LogP contribution in [-0.4, -0.2) is 89.2 Å². The summed E-state index contributed by atoms with van der Waals surface area (Å²) in [5, 5.41) is 31.5. The predicted octanol–water partition coefficient (Wildman–Crippen LogP) is 17.0. The minimum absolute atomic E-state index is 0.0608. The molecule has 0 amide bonds. The molecule has 12 heteroatoms. The second kappa shape index (κ2) is 53.8. The number of allylic oxidation sites excluding steroid dienone is 4. The van der Waals surface area contributed by atoms with E-state index in [2.05, 4.69) is 45.1 Å². The summed E-state index contributed by atoms with van der Waals surface area (Å²) in [7, 11) is 0. The van der Waals surface area contributed by atoms with E-state index in [0.717, 1.165) is 77.0 Å². The maximum absolute atomic E-state index is 13.1. The predicted molar refractivity (Wildman–Crippen MR) is 313 cm³/mol. The molecule has 1 aliphatic rings. The average molecular weight is 1090 g/mol. The van der Waals surface area contributed by atoms with Crippen LogP contribution in [0.4, 0.5) is 0 Å². The van der Waals surface area contributed by atoms with E-state index in [1.54, 1.807) is 0 Å². The number of carboxylic acid groups (broad SMARTS) is 1. The molecule has 0 radical (unpaired) electrons. The molecule has 12 nitrogen and oxygen atoms in total. The molecule has 0 aromatic heterocycles. The van der Waals surface area contributed by atoms with Crippen molar-refractivity contribution in [3.8, 4) is 0 Å². The molecule has 1 rings (SSSR count). The Labute approximate surface area is 470 Å². The van der Waals surface area contributed by atoms with Crippen LogP contribution in [0.15, 0.2) is 24.3 Å². The van der Waals surface area contributed by atoms with E-state index in [1.807, 2.05) is 0 Å². The fraction of sp³-hybridized carbons (Fsp3) is 0.877. The van der Waals surface area contributed by atoms with Gasteiger partial charge in [-0.15, -0.1) is 0 Å². The molecule has 0 saturated carbocycles. The third-order valence-electron chi connectivity index (χ3n) is 15.0. The Balaban J connectivity index is 2.60. The van der Waals surface area contributed by atoms with Gasteiger partial charge in [0.2, 0.25) is 0 Å². The van der Waals surface area contributed by atoms with E-state index in [-0.39, 0.29) is 25.9 Å². The molecule has 1 saturated heterocycles. The fourth-order valence-corrected chi connectivity index (χ4v) is 10.0. The summed E-state index contributed by atoms with van der Waals surface area (Å²) in [5.41, 5.74) is 0. The third kappa shape index (κ3) is 43.7. The first kappa shape index (κ1) is 72.2. The molecule has 0 bridgehead atoms. The van der Waals surface area contributed by atoms with Crippen molar-refractivity contribution in [3.63, 3.8) is 0 Å². The van der Waals surface area contributed by atoms with Crippen molar-refractivity contribution in [2.75, 3.05) is 13.2 Å². The van der Waals surface area contributed by atoms with Crippen molar-refractivity contribution in [2.45, 2.75) is 353 Å². The summed E-state index contributed by atoms with van der Waals surface area (Å²) >= 11 is 0. The quantitative estimate of drug-likeness (QED) is 0.0228. The molecule has 0 aromatic carbocycles. The SMILES string of the molecule is CCCCC/C=C\C/C=C\CCCCCCCCCCCC(=O)OC1C(OCC(COC(=O)CCCCCCCCCCCCCCCCCCC)OC(=O)CCCCCCCCCCCCC)OC(C(=O)O)C(O)C1O. The molecule has 1 heterocycles. The van der Waals surface area contributed by atoms with Gasteiger partial charge in [-0.1, -0.05) is 270 Å². The number of hydrogen-bond acceptors (Lipinski definition) is 11. The van der Waals surface area contributed by atoms with Crippen LogP contribution in [0.2, 0.25) is 0 Å². The van der Waals surface area contributed by atoms with Gasteiger partial charge in [0.05, 0.1) is 6.61 Å². The monoisotopic (exact) mass is 1090 g/mol. The van der Waals surface area contributed by atoms with Crippen LogP contribution < -0.4 is 0 Å². The van der Waals surface area contributed by atoms with Crippen LogP contribution in [0, 0.1) is 0 Å². The summed E-state index contributed by atoms with van der Waals surface area (Å²) in [5.74, 6) is -3.08. The summed E-state index contributed by atoms with van der Waals surface area (Å²) in [6.07, 6.45) is 50.0. The molecule has 0 aliphatic carbocycles. The normalized spacial score (nSPS) is 18.1. The van der Waals surface area contributed by atoms with Crippen molar-refractivity contribution >= 4 is 23.9 Å². The van der Waals surface area contributed by atoms with E-state index in [0.29, 0.717) is 19.3 Å². The Bertz CT molecular complexity index is 1430. The standard InChI is InChI=1S/C65H118O12/c1-4-7-10-13-16-19-22-24-26-28-29-31-33-35-38-41-44-47-50-53-59(68)76-63-61(70)60(69)62(64(71)72)77-65(63)74-55-56(75-58(67)52-49-46-43-40-36-21-18-15-12-9-6-3)54-73-57(66)51-48-45-42-39-37-34-32-30-27-25-23-20-17-14-11-8-5-2/h16,19,24,26,56,60-63,65,69-70H,4-15,17-18,20-23,25,27-55H2,1-3H3,(H,71,72)/b19-16-,26-24-. The number of aliphatic carboxylic acids is 1. The zero-order valence-electron chi connectivity index (χ0n) is 49.7. The summed E-state index contributed by atoms with van der Waals surface area (Å²) in [6, 6.07) is 0. The van der Waals surface area contributed by atoms with Gasteiger partial charge in [0.25, 0.3) is 0 Å². The Morgan fingerprint density at radius 3 is 1.19 bits per heavy atom. The number of rotatable bonds is 56. The minimum atomic E-state index is -1.90. The highest BCUT2D eigenvalue weighted by Crippen LogP contribution is 2.27. The van der Waals surface area contributed by atoms with E-state index < -0.39 is 67.3 Å². The lowest BCUT2D eigenvalue weighted by molar-refractivity contribution is -0.301. The van der Waals surface area contributed by atoms with Gasteiger partial charge in [0.1, 0.15) is 18.8 Å². The summed E-state index contributed by atoms with van der Waals surface area (Å²) < 4.78 is 28.5. The van der Waals surface area contributed by atoms with Crippen molar-refractivity contribution in [1.29, 1.82) is 0 Å². The molecule has 0 aromatic rings. The van der Waals surface area contributed by atoms with Gasteiger partial charge in [-0.25, -0.2) is 4.79 Å². The summed E-state index contributed by atoms with van der Waals surface area (Å²) in [4.78, 5) is 51.2. The maximum Gasteiger partial charge on any atom is 0.335 e. The lowest BCUT2D eigenvalue weighted by atomic mass is 9.98. The highest BCUT2D eigenvalue weighted by molar-refractivity contribution is 5.74. The number of unbranched alkanes of at least 4 members (excludes halogenated alkanes) is 38. The molecule has 77 heavy (non-hydrogen) atoms. The first-order valence-corrected chi connectivity index (χ1v) is 32.3. The van der Waals surface area contributed by atoms with Crippen molar-refractivity contribution in [1.82, 2.24) is 0 Å². The fourth-order valence-electron chi connectivity index (χ4n) is 10.0. The molecule has 6 atom stereocenters. The van der Waals surface area contributed by atoms with Crippen molar-refractivity contribution in [3.05, 3.63) is 24.3 Å². The largest absolute Gasteiger partial charge is 0.479 e. The van der Waals surface area contributed by atoms with E-state index in [4.69, 9.17) is 23.7 Å². The van der Waals surface area contributed by atoms with Gasteiger partial charge in [-0.2, -0.15) is 0 Å². The second-order valence-corrected chi connectivity index (χ2v) is 22.4. The van der Waals surface area contributed by atoms with Gasteiger partial charge < -0.3 is 39.0 Å². The molecule has 1 aliphatic heterocycles. The van der Waals surface area contributed by atoms with Crippen LogP contribution in [0.1, 0.15) is 316 Å². The molecule has 3 N–H and O–H groups in total. The van der Waals surface area contributed by atoms with Crippen molar-refractivity contribution in [2.24, 2.45) is 0 Å². The lowest BCUT2D eigenvalue weighted by Crippen LogP contribution is -2.61. The van der Waals surface area contributed by atoms with E-state index >= 15 is 0 Å². The number of ether oxygens (including phenoxy) is 5. The first-order chi connectivity index (χ1) is 37.6. The van der Waals surface area contributed by atoms with Gasteiger partial charge in [-0.05, 0) is 51.4 Å². The molecule has 0 spiro atoms. The van der Waals surface area contributed by atoms with Gasteiger partial charge >= 0.3 is 23.9 Å². The van der Waals surface area contributed by atoms with Gasteiger partial charge in [0.15, 0.2) is 24.6 Å². The van der Waals surface area contributed by atoms with Crippen LogP contribution >= 0.6 is 0 Å². The topological polar surface area (TPSA) is 175 Å². The van der Waals surface area contributed by atoms with E-state index in [1.165, 1.54) is 180 Å². The lowest BCUT2D eigenvalue weighted by Gasteiger charge is -2.40. The van der Waals surface area contributed by atoms with Crippen LogP contribution in [0.3, 0.4) is 0 Å². The Morgan fingerprint density at radius 2 is 0.779 bits per heavy atom. The molecular weight excluding hydrogens is 973 g/mol. The zero-order chi connectivity index (χ0) is 56.1. The number of carbonyl (C=O) groups is 4. The molecule has 1 fully saturated rings. The molecule has 450 valence electrons. The van der Waals surface area contributed by atoms with Crippen LogP contribution in [0.5, 0.6) is 0 Å². The van der Waals surface area contributed by atoms with Crippen LogP contribution in [-0.2, 0) is 42.9 Å². The zero-order valence-corrected chi connectivity index (χ0v) is 49.7. The highest BCUT2D eigenvalue weighted by Gasteiger charge is 2.50. The van der Waals surface area contributed by atoms with E-state index in [9.17, 15) is 34.5 Å². The number of hydrogen-bond donors (Lipinski definition) is 3. The first-order valence-electron chi connectivity index (χ1n) is 32.3. The third-order valence-corrected chi connectivity index (χ3v) is 15.0. The molecular formula is C65H118O12. The number of aliphatic hydroxyl groups excluding tert-OH is 2. The Morgan fingerprint density at radius 1 is 0.429 bits per heavy atom. The Kier molecular flexibility index (Phi) is 50.5. The number of carbonyl (C=O) groups excluding carboxylic acids is 3. The maximum atomic E-state index is 13.1. The average Bonchev–Trinajstić information content (AvgIpc) is 3.42. The van der Waals surface area contributed by atoms with Crippen LogP contribution in [0.25, 0.3) is 0 Å². The minimum Gasteiger partial charge on any atom is -0.479 e. The molecule has 6 unspecified atom stereocenters.